The number of fused-ring (bicyclic) bond motifs is 2. The molecule has 10 heteroatoms. The zero-order chi connectivity index (χ0) is 25.1. The molecule has 0 aliphatic heterocycles. The zero-order valence-corrected chi connectivity index (χ0v) is 21.2. The second kappa shape index (κ2) is 8.44. The number of hydrogen-bond donors (Lipinski definition) is 1. The van der Waals surface area contributed by atoms with Gasteiger partial charge < -0.3 is 10.0 Å². The van der Waals surface area contributed by atoms with Gasteiger partial charge in [0, 0.05) is 17.0 Å². The average Bonchev–Trinajstić information content (AvgIpc) is 3.57. The molecule has 0 amide bonds. The van der Waals surface area contributed by atoms with Crippen LogP contribution in [0.2, 0.25) is 0 Å². The average molecular weight is 506 g/mol. The molecule has 3 aliphatic rings. The maximum absolute atomic E-state index is 16.0. The fourth-order valence-corrected chi connectivity index (χ4v) is 7.16. The van der Waals surface area contributed by atoms with Crippen molar-refractivity contribution in [3.8, 4) is 33.8 Å². The summed E-state index contributed by atoms with van der Waals surface area (Å²) in [5.74, 6) is 0.888. The SMILES string of the molecule is C[C@]12CCC[C@](C)(C1)[C@H](F)[C@H](N(c1cnc(-c3ccc(-c4nnc(C#N)s4)cc3O)nn1)C1CC1)C2. The van der Waals surface area contributed by atoms with Crippen LogP contribution >= 0.6 is 11.3 Å². The standard InChI is InChI=1S/C26H28FN7OS/c1-25-8-3-9-26(2,14-25)22(27)18(11-25)34(16-5-6-16)20-13-29-23(32-30-20)17-7-4-15(10-19(17)35)24-33-31-21(12-28)36-24/h4,7,10,13,16,18,22,35H,3,5-6,8-9,11,14H2,1-2H3/t18-,22-,25-,26-/m1/s1. The van der Waals surface area contributed by atoms with Crippen LogP contribution < -0.4 is 4.90 Å². The minimum atomic E-state index is -0.911. The highest BCUT2D eigenvalue weighted by molar-refractivity contribution is 7.15. The topological polar surface area (TPSA) is 112 Å². The molecule has 0 saturated heterocycles. The van der Waals surface area contributed by atoms with E-state index in [0.717, 1.165) is 56.3 Å². The molecule has 1 N–H and O–H groups in total. The Hall–Kier alpha value is -3.19. The number of alkyl halides is 1. The van der Waals surface area contributed by atoms with Crippen LogP contribution in [0.25, 0.3) is 22.0 Å². The van der Waals surface area contributed by atoms with Crippen molar-refractivity contribution in [3.63, 3.8) is 0 Å². The Morgan fingerprint density at radius 3 is 2.67 bits per heavy atom. The van der Waals surface area contributed by atoms with E-state index < -0.39 is 6.17 Å². The van der Waals surface area contributed by atoms with E-state index in [1.54, 1.807) is 24.4 Å². The molecule has 3 aliphatic carbocycles. The fourth-order valence-electron chi connectivity index (χ4n) is 6.52. The van der Waals surface area contributed by atoms with Gasteiger partial charge in [-0.25, -0.2) is 9.37 Å². The Kier molecular flexibility index (Phi) is 5.45. The van der Waals surface area contributed by atoms with Crippen LogP contribution in [0.5, 0.6) is 5.75 Å². The van der Waals surface area contributed by atoms with Crippen molar-refractivity contribution in [2.75, 3.05) is 4.90 Å². The summed E-state index contributed by atoms with van der Waals surface area (Å²) >= 11 is 1.15. The van der Waals surface area contributed by atoms with Crippen LogP contribution in [0.15, 0.2) is 24.4 Å². The van der Waals surface area contributed by atoms with Gasteiger partial charge in [0.2, 0.25) is 5.01 Å². The number of phenolic OH excluding ortho intramolecular Hbond substituents is 1. The smallest absolute Gasteiger partial charge is 0.218 e. The molecule has 186 valence electrons. The second-order valence-electron chi connectivity index (χ2n) is 11.2. The van der Waals surface area contributed by atoms with Gasteiger partial charge in [0.05, 0.1) is 17.8 Å². The van der Waals surface area contributed by atoms with Crippen molar-refractivity contribution >= 4 is 17.2 Å². The number of aromatic nitrogens is 5. The van der Waals surface area contributed by atoms with Gasteiger partial charge in [-0.2, -0.15) is 5.26 Å². The Morgan fingerprint density at radius 2 is 2.00 bits per heavy atom. The van der Waals surface area contributed by atoms with E-state index in [2.05, 4.69) is 44.1 Å². The van der Waals surface area contributed by atoms with Gasteiger partial charge in [0.1, 0.15) is 23.0 Å². The molecule has 0 spiro atoms. The highest BCUT2D eigenvalue weighted by atomic mass is 32.1. The van der Waals surface area contributed by atoms with Gasteiger partial charge in [0.25, 0.3) is 0 Å². The second-order valence-corrected chi connectivity index (χ2v) is 12.2. The number of nitriles is 1. The number of phenols is 1. The van der Waals surface area contributed by atoms with Crippen LogP contribution in [0.3, 0.4) is 0 Å². The Labute approximate surface area is 213 Å². The lowest BCUT2D eigenvalue weighted by Gasteiger charge is -2.56. The van der Waals surface area contributed by atoms with E-state index in [0.29, 0.717) is 27.8 Å². The molecule has 2 heterocycles. The summed E-state index contributed by atoms with van der Waals surface area (Å²) < 4.78 is 16.0. The van der Waals surface area contributed by atoms with Crippen LogP contribution in [0, 0.1) is 22.2 Å². The minimum absolute atomic E-state index is 0.0143. The number of rotatable bonds is 5. The third-order valence-corrected chi connectivity index (χ3v) is 9.06. The van der Waals surface area contributed by atoms with E-state index in [1.807, 2.05) is 6.07 Å². The maximum Gasteiger partial charge on any atom is 0.218 e. The predicted octanol–water partition coefficient (Wildman–Crippen LogP) is 5.30. The summed E-state index contributed by atoms with van der Waals surface area (Å²) in [6.45, 7) is 4.44. The molecular formula is C26H28FN7OS. The number of nitrogens with zero attached hydrogens (tertiary/aromatic N) is 7. The summed E-state index contributed by atoms with van der Waals surface area (Å²) in [6, 6.07) is 7.06. The summed E-state index contributed by atoms with van der Waals surface area (Å²) in [6.07, 6.45) is 7.77. The van der Waals surface area contributed by atoms with Crippen molar-refractivity contribution in [3.05, 3.63) is 29.4 Å². The molecule has 6 rings (SSSR count). The van der Waals surface area contributed by atoms with E-state index in [-0.39, 0.29) is 33.7 Å². The minimum Gasteiger partial charge on any atom is -0.507 e. The molecule has 36 heavy (non-hydrogen) atoms. The van der Waals surface area contributed by atoms with Crippen molar-refractivity contribution in [2.24, 2.45) is 10.8 Å². The van der Waals surface area contributed by atoms with Gasteiger partial charge in [-0.15, -0.1) is 20.4 Å². The molecule has 4 atom stereocenters. The normalized spacial score (nSPS) is 29.5. The first kappa shape index (κ1) is 23.2. The highest BCUT2D eigenvalue weighted by Gasteiger charge is 2.56. The third kappa shape index (κ3) is 3.99. The highest BCUT2D eigenvalue weighted by Crippen LogP contribution is 2.58. The van der Waals surface area contributed by atoms with Crippen molar-refractivity contribution in [2.45, 2.75) is 77.0 Å². The lowest BCUT2D eigenvalue weighted by molar-refractivity contribution is -0.0554. The summed E-state index contributed by atoms with van der Waals surface area (Å²) in [4.78, 5) is 6.67. The van der Waals surface area contributed by atoms with Crippen LogP contribution in [-0.4, -0.2) is 48.7 Å². The van der Waals surface area contributed by atoms with Gasteiger partial charge in [0.15, 0.2) is 11.6 Å². The molecule has 8 nitrogen and oxygen atoms in total. The van der Waals surface area contributed by atoms with Gasteiger partial charge in [-0.3, -0.25) is 0 Å². The quantitative estimate of drug-likeness (QED) is 0.497. The predicted molar refractivity (Wildman–Crippen MR) is 134 cm³/mol. The lowest BCUT2D eigenvalue weighted by atomic mass is 9.54. The number of benzene rings is 1. The van der Waals surface area contributed by atoms with Crippen molar-refractivity contribution in [1.82, 2.24) is 25.4 Å². The largest absolute Gasteiger partial charge is 0.507 e. The van der Waals surface area contributed by atoms with Crippen LogP contribution in [0.1, 0.15) is 63.8 Å². The van der Waals surface area contributed by atoms with Crippen LogP contribution in [-0.2, 0) is 0 Å². The molecular weight excluding hydrogens is 477 g/mol. The molecule has 0 radical (unpaired) electrons. The number of anilines is 1. The molecule has 0 unspecified atom stereocenters. The molecule has 3 saturated carbocycles. The first-order valence-corrected chi connectivity index (χ1v) is 13.3. The van der Waals surface area contributed by atoms with Crippen molar-refractivity contribution in [1.29, 1.82) is 5.26 Å². The van der Waals surface area contributed by atoms with Gasteiger partial charge in [-0.1, -0.05) is 37.7 Å². The monoisotopic (exact) mass is 505 g/mol. The molecule has 2 aromatic heterocycles. The van der Waals surface area contributed by atoms with Crippen LogP contribution in [0.4, 0.5) is 10.2 Å². The van der Waals surface area contributed by atoms with E-state index in [9.17, 15) is 5.11 Å². The summed E-state index contributed by atoms with van der Waals surface area (Å²) in [5, 5.41) is 37.0. The van der Waals surface area contributed by atoms with E-state index in [1.165, 1.54) is 0 Å². The Bertz CT molecular complexity index is 1340. The summed E-state index contributed by atoms with van der Waals surface area (Å²) in [7, 11) is 0. The maximum atomic E-state index is 16.0. The fraction of sp³-hybridized carbons (Fsp3) is 0.538. The van der Waals surface area contributed by atoms with Gasteiger partial charge in [-0.05, 0) is 56.1 Å². The van der Waals surface area contributed by atoms with E-state index in [4.69, 9.17) is 5.26 Å². The van der Waals surface area contributed by atoms with Gasteiger partial charge >= 0.3 is 0 Å². The lowest BCUT2D eigenvalue weighted by Crippen LogP contribution is -2.58. The molecule has 3 fully saturated rings. The summed E-state index contributed by atoms with van der Waals surface area (Å²) in [5.41, 5.74) is 0.955. The first-order valence-electron chi connectivity index (χ1n) is 12.5. The number of aromatic hydroxyl groups is 1. The van der Waals surface area contributed by atoms with E-state index >= 15 is 4.39 Å². The number of halogens is 1. The zero-order valence-electron chi connectivity index (χ0n) is 20.4. The number of hydrogen-bond acceptors (Lipinski definition) is 9. The Morgan fingerprint density at radius 1 is 1.17 bits per heavy atom. The van der Waals surface area contributed by atoms with Crippen molar-refractivity contribution < 1.29 is 9.50 Å². The molecule has 2 bridgehead atoms. The first-order chi connectivity index (χ1) is 17.3. The molecule has 3 aromatic rings. The Balaban J connectivity index is 1.28. The molecule has 1 aromatic carbocycles. The third-order valence-electron chi connectivity index (χ3n) is 8.18.